The molecule has 3 aromatic rings. The lowest BCUT2D eigenvalue weighted by molar-refractivity contribution is -0.438. The molecule has 2 aliphatic heterocycles. The Balaban J connectivity index is 1.29. The summed E-state index contributed by atoms with van der Waals surface area (Å²) in [6.07, 6.45) is 14.3. The first kappa shape index (κ1) is 54.1. The Labute approximate surface area is 400 Å². The van der Waals surface area contributed by atoms with E-state index in [-0.39, 0.29) is 30.1 Å². The van der Waals surface area contributed by atoms with E-state index in [2.05, 4.69) is 69.2 Å². The maximum Gasteiger partial charge on any atom is 0.294 e. The fourth-order valence-corrected chi connectivity index (χ4v) is 10.7. The number of hydrogen-bond donors (Lipinski definition) is 4. The molecule has 19 nitrogen and oxygen atoms in total. The van der Waals surface area contributed by atoms with Gasteiger partial charge in [0, 0.05) is 91.1 Å². The summed E-state index contributed by atoms with van der Waals surface area (Å²) in [5, 5.41) is 15.1. The second-order valence-electron chi connectivity index (χ2n) is 18.4. The van der Waals surface area contributed by atoms with Gasteiger partial charge >= 0.3 is 0 Å². The number of unbranched alkanes of at least 4 members (excludes halogenated alkanes) is 4. The summed E-state index contributed by atoms with van der Waals surface area (Å²) >= 11 is 0. The monoisotopic (exact) mass is 1000 g/mol. The molecule has 372 valence electrons. The van der Waals surface area contributed by atoms with Crippen LogP contribution in [0.5, 0.6) is 0 Å². The maximum atomic E-state index is 12.9. The smallest absolute Gasteiger partial charge is 0.294 e. The standard InChI is InChI=1S/C46H65N9O10S3/c1-35-19-21-41-39(31-35)45(2,3)43(54(41)27-9-5-6-15-37(56)16-7-10-26-53-34-36(50-52-53)33-48-24-13-25-49-51-47)17-12-18-44-46(4,23-8-11-29-66(57,58)59)40-32-38(68(63,64)65)20-22-42(40)55(44)28-14-30-67(60,61)62/h12,17-22,31-32,34,48H,5-11,13-16,23-30,33H2,1-4H3,(H2-,57,58,59,60,61,62,63,64,65)/p+1. The van der Waals surface area contributed by atoms with Gasteiger partial charge in [-0.2, -0.15) is 29.8 Å². The first-order chi connectivity index (χ1) is 32.0. The largest absolute Gasteiger partial charge is 0.344 e. The third-order valence-electron chi connectivity index (χ3n) is 12.7. The van der Waals surface area contributed by atoms with Gasteiger partial charge in [0.05, 0.1) is 27.5 Å². The molecule has 0 saturated heterocycles. The highest BCUT2D eigenvalue weighted by molar-refractivity contribution is 7.86. The zero-order valence-electron chi connectivity index (χ0n) is 39.4. The highest BCUT2D eigenvalue weighted by Crippen LogP contribution is 2.51. The van der Waals surface area contributed by atoms with E-state index in [1.165, 1.54) is 17.7 Å². The van der Waals surface area contributed by atoms with E-state index in [0.717, 1.165) is 61.2 Å². The van der Waals surface area contributed by atoms with Crippen LogP contribution in [0.25, 0.3) is 10.4 Å². The molecule has 3 heterocycles. The Morgan fingerprint density at radius 2 is 1.59 bits per heavy atom. The first-order valence-electron chi connectivity index (χ1n) is 23.1. The Bertz CT molecular complexity index is 2760. The van der Waals surface area contributed by atoms with Gasteiger partial charge in [-0.1, -0.05) is 34.5 Å². The van der Waals surface area contributed by atoms with E-state index in [1.54, 1.807) is 10.7 Å². The van der Waals surface area contributed by atoms with Crippen LogP contribution in [-0.2, 0) is 59.1 Å². The second-order valence-corrected chi connectivity index (χ2v) is 22.9. The van der Waals surface area contributed by atoms with Crippen molar-refractivity contribution < 1.29 is 48.3 Å². The number of Topliss-reactive ketones (excluding diaryl/α,β-unsaturated/α-hetero) is 1. The summed E-state index contributed by atoms with van der Waals surface area (Å²) in [5.74, 6) is -0.741. The number of carbonyl (C=O) groups excluding carboxylic acids is 1. The van der Waals surface area contributed by atoms with Crippen molar-refractivity contribution in [1.82, 2.24) is 20.3 Å². The van der Waals surface area contributed by atoms with Crippen molar-refractivity contribution in [1.29, 1.82) is 0 Å². The van der Waals surface area contributed by atoms with Crippen molar-refractivity contribution in [3.05, 3.63) is 99.3 Å². The summed E-state index contributed by atoms with van der Waals surface area (Å²) in [5.41, 5.74) is 14.0. The molecule has 1 aromatic heterocycles. The number of ketones is 1. The SMILES string of the molecule is Cc1ccc2c(c1)C(C)(C)C(/C=C/C=C1/N(CCCS(=O)(=O)O)c3ccc(S(=O)(=O)O)cc3C1(C)CCCCS(=O)(=O)O)=[N+]2CCCCCC(=O)CCCCn1cc(CNCCCN=[N+]=[N-])nn1. The number of anilines is 1. The molecule has 0 saturated carbocycles. The summed E-state index contributed by atoms with van der Waals surface area (Å²) in [6.45, 7) is 11.5. The molecule has 68 heavy (non-hydrogen) atoms. The van der Waals surface area contributed by atoms with Crippen LogP contribution in [0.2, 0.25) is 0 Å². The molecule has 0 aliphatic carbocycles. The summed E-state index contributed by atoms with van der Waals surface area (Å²) in [6, 6.07) is 10.6. The van der Waals surface area contributed by atoms with E-state index in [9.17, 15) is 43.7 Å². The number of rotatable bonds is 29. The van der Waals surface area contributed by atoms with Crippen molar-refractivity contribution in [3.8, 4) is 0 Å². The lowest BCUT2D eigenvalue weighted by Crippen LogP contribution is -2.30. The van der Waals surface area contributed by atoms with Crippen LogP contribution in [0.1, 0.15) is 120 Å². The molecular formula is C46H66N9O10S3+. The van der Waals surface area contributed by atoms with Gasteiger partial charge in [-0.05, 0) is 127 Å². The third-order valence-corrected chi connectivity index (χ3v) is 15.1. The minimum Gasteiger partial charge on any atom is -0.344 e. The highest BCUT2D eigenvalue weighted by atomic mass is 32.2. The number of aromatic nitrogens is 3. The number of aryl methyl sites for hydroxylation is 2. The predicted octanol–water partition coefficient (Wildman–Crippen LogP) is 7.55. The molecule has 0 bridgehead atoms. The summed E-state index contributed by atoms with van der Waals surface area (Å²) < 4.78 is 105. The minimum absolute atomic E-state index is 0.0326. The van der Waals surface area contributed by atoms with Gasteiger partial charge in [-0.25, -0.2) is 0 Å². The van der Waals surface area contributed by atoms with Crippen LogP contribution in [-0.4, -0.2) is 108 Å². The number of carbonyl (C=O) groups is 1. The molecule has 0 radical (unpaired) electrons. The van der Waals surface area contributed by atoms with Gasteiger partial charge in [-0.3, -0.25) is 23.1 Å². The van der Waals surface area contributed by atoms with Gasteiger partial charge in [0.2, 0.25) is 5.69 Å². The van der Waals surface area contributed by atoms with Crippen molar-refractivity contribution in [2.24, 2.45) is 5.11 Å². The molecule has 2 aromatic carbocycles. The topological polar surface area (TPSA) is 278 Å². The number of benzene rings is 2. The molecule has 2 aliphatic rings. The lowest BCUT2D eigenvalue weighted by atomic mass is 9.77. The molecule has 0 fully saturated rings. The van der Waals surface area contributed by atoms with Crippen LogP contribution in [0, 0.1) is 6.92 Å². The maximum absolute atomic E-state index is 12.9. The number of fused-ring (bicyclic) bond motifs is 2. The van der Waals surface area contributed by atoms with Crippen LogP contribution in [0.4, 0.5) is 11.4 Å². The average molecular weight is 1000 g/mol. The van der Waals surface area contributed by atoms with E-state index in [4.69, 9.17) is 5.53 Å². The van der Waals surface area contributed by atoms with Crippen LogP contribution < -0.4 is 10.2 Å². The molecule has 22 heteroatoms. The molecule has 5 rings (SSSR count). The Kier molecular flexibility index (Phi) is 18.9. The normalized spacial score (nSPS) is 17.6. The fraction of sp³-hybridized carbons (Fsp3) is 0.565. The average Bonchev–Trinajstić information content (AvgIpc) is 3.87. The van der Waals surface area contributed by atoms with Gasteiger partial charge in [0.25, 0.3) is 30.4 Å². The Morgan fingerprint density at radius 3 is 2.29 bits per heavy atom. The van der Waals surface area contributed by atoms with E-state index in [0.29, 0.717) is 75.4 Å². The molecular weight excluding hydrogens is 935 g/mol. The molecule has 1 atom stereocenters. The molecule has 0 spiro atoms. The van der Waals surface area contributed by atoms with Crippen molar-refractivity contribution in [2.75, 3.05) is 42.6 Å². The zero-order chi connectivity index (χ0) is 49.8. The van der Waals surface area contributed by atoms with Gasteiger partial charge in [0.15, 0.2) is 5.71 Å². The van der Waals surface area contributed by atoms with Crippen molar-refractivity contribution >= 4 is 53.2 Å². The number of azide groups is 1. The Hall–Kier alpha value is -4.80. The van der Waals surface area contributed by atoms with Crippen molar-refractivity contribution in [3.63, 3.8) is 0 Å². The van der Waals surface area contributed by atoms with Gasteiger partial charge < -0.3 is 10.2 Å². The van der Waals surface area contributed by atoms with Crippen molar-refractivity contribution in [2.45, 2.75) is 134 Å². The number of nitrogens with one attached hydrogen (secondary N) is 1. The fourth-order valence-electron chi connectivity index (χ4n) is 9.18. The number of nitrogens with zero attached hydrogens (tertiary/aromatic N) is 8. The van der Waals surface area contributed by atoms with E-state index < -0.39 is 52.7 Å². The predicted molar refractivity (Wildman–Crippen MR) is 261 cm³/mol. The van der Waals surface area contributed by atoms with E-state index >= 15 is 0 Å². The van der Waals surface area contributed by atoms with Crippen LogP contribution in [0.3, 0.4) is 0 Å². The second kappa shape index (κ2) is 23.7. The highest BCUT2D eigenvalue weighted by Gasteiger charge is 2.45. The molecule has 0 amide bonds. The summed E-state index contributed by atoms with van der Waals surface area (Å²) in [4.78, 5) is 17.1. The minimum atomic E-state index is -4.62. The Morgan fingerprint density at radius 1 is 0.868 bits per heavy atom. The lowest BCUT2D eigenvalue weighted by Gasteiger charge is -2.30. The quantitative estimate of drug-likeness (QED) is 0.0131. The van der Waals surface area contributed by atoms with E-state index in [1.807, 2.05) is 36.2 Å². The molecule has 4 N–H and O–H groups in total. The number of hydrogen-bond acceptors (Lipinski definition) is 12. The molecule has 1 unspecified atom stereocenters. The number of allylic oxidation sites excluding steroid dienone is 4. The van der Waals surface area contributed by atoms with Crippen LogP contribution >= 0.6 is 0 Å². The third kappa shape index (κ3) is 15.1. The van der Waals surface area contributed by atoms with Gasteiger partial charge in [0.1, 0.15) is 12.3 Å². The van der Waals surface area contributed by atoms with Gasteiger partial charge in [-0.15, -0.1) is 5.10 Å². The summed E-state index contributed by atoms with van der Waals surface area (Å²) in [7, 11) is -13.2. The van der Waals surface area contributed by atoms with Crippen LogP contribution in [0.15, 0.2) is 76.5 Å². The first-order valence-corrected chi connectivity index (χ1v) is 27.8. The zero-order valence-corrected chi connectivity index (χ0v) is 41.9.